The molecule has 0 aliphatic heterocycles. The molecule has 3 aromatic carbocycles. The number of benzene rings is 3. The van der Waals surface area contributed by atoms with Crippen LogP contribution < -0.4 is 0 Å². The van der Waals surface area contributed by atoms with Gasteiger partial charge in [-0.05, 0) is 28.3 Å². The Kier molecular flexibility index (Phi) is 3.65. The SMILES string of the molecule is C=C(c1ccccc1)c1ccccc1-c1ccccc1F. The zero-order chi connectivity index (χ0) is 14.7. The highest BCUT2D eigenvalue weighted by molar-refractivity contribution is 5.87. The van der Waals surface area contributed by atoms with Crippen LogP contribution >= 0.6 is 0 Å². The van der Waals surface area contributed by atoms with Crippen LogP contribution in [0.5, 0.6) is 0 Å². The number of hydrogen-bond acceptors (Lipinski definition) is 0. The Labute approximate surface area is 124 Å². The predicted molar refractivity (Wildman–Crippen MR) is 86.4 cm³/mol. The lowest BCUT2D eigenvalue weighted by Crippen LogP contribution is -1.92. The van der Waals surface area contributed by atoms with E-state index in [2.05, 4.69) is 6.58 Å². The Bertz CT molecular complexity index is 773. The summed E-state index contributed by atoms with van der Waals surface area (Å²) in [6.07, 6.45) is 0. The Hall–Kier alpha value is -2.67. The molecule has 0 radical (unpaired) electrons. The maximum Gasteiger partial charge on any atom is 0.131 e. The molecule has 0 unspecified atom stereocenters. The normalized spacial score (nSPS) is 10.3. The van der Waals surface area contributed by atoms with Gasteiger partial charge in [0, 0.05) is 5.56 Å². The van der Waals surface area contributed by atoms with Crippen molar-refractivity contribution in [3.05, 3.63) is 102 Å². The molecule has 0 amide bonds. The lowest BCUT2D eigenvalue weighted by molar-refractivity contribution is 0.631. The van der Waals surface area contributed by atoms with Gasteiger partial charge in [-0.25, -0.2) is 4.39 Å². The minimum Gasteiger partial charge on any atom is -0.206 e. The van der Waals surface area contributed by atoms with Crippen molar-refractivity contribution < 1.29 is 4.39 Å². The highest BCUT2D eigenvalue weighted by Crippen LogP contribution is 2.32. The van der Waals surface area contributed by atoms with Gasteiger partial charge in [-0.2, -0.15) is 0 Å². The largest absolute Gasteiger partial charge is 0.206 e. The fourth-order valence-electron chi connectivity index (χ4n) is 2.46. The van der Waals surface area contributed by atoms with Crippen molar-refractivity contribution in [3.63, 3.8) is 0 Å². The third-order valence-electron chi connectivity index (χ3n) is 3.54. The van der Waals surface area contributed by atoms with Crippen molar-refractivity contribution in [2.45, 2.75) is 0 Å². The molecule has 0 aliphatic carbocycles. The van der Waals surface area contributed by atoms with E-state index in [0.717, 1.165) is 22.3 Å². The minimum absolute atomic E-state index is 0.217. The van der Waals surface area contributed by atoms with E-state index in [9.17, 15) is 4.39 Å². The molecule has 0 N–H and O–H groups in total. The molecule has 0 saturated heterocycles. The summed E-state index contributed by atoms with van der Waals surface area (Å²) in [6.45, 7) is 4.19. The lowest BCUT2D eigenvalue weighted by atomic mass is 9.91. The summed E-state index contributed by atoms with van der Waals surface area (Å²) in [7, 11) is 0. The molecule has 0 aliphatic rings. The lowest BCUT2D eigenvalue weighted by Gasteiger charge is -2.13. The molecular formula is C20H15F. The van der Waals surface area contributed by atoms with E-state index in [4.69, 9.17) is 0 Å². The molecular weight excluding hydrogens is 259 g/mol. The van der Waals surface area contributed by atoms with E-state index in [-0.39, 0.29) is 5.82 Å². The Balaban J connectivity index is 2.13. The van der Waals surface area contributed by atoms with Gasteiger partial charge >= 0.3 is 0 Å². The third-order valence-corrected chi connectivity index (χ3v) is 3.54. The first-order valence-corrected chi connectivity index (χ1v) is 6.86. The quantitative estimate of drug-likeness (QED) is 0.587. The van der Waals surface area contributed by atoms with E-state index < -0.39 is 0 Å². The monoisotopic (exact) mass is 274 g/mol. The van der Waals surface area contributed by atoms with Gasteiger partial charge in [0.05, 0.1) is 0 Å². The maximum absolute atomic E-state index is 14.1. The molecule has 1 heteroatoms. The van der Waals surface area contributed by atoms with Crippen LogP contribution in [0, 0.1) is 5.82 Å². The number of hydrogen-bond donors (Lipinski definition) is 0. The van der Waals surface area contributed by atoms with Crippen molar-refractivity contribution in [1.82, 2.24) is 0 Å². The summed E-state index contributed by atoms with van der Waals surface area (Å²) in [5.41, 5.74) is 4.36. The summed E-state index contributed by atoms with van der Waals surface area (Å²) in [5.74, 6) is -0.217. The Morgan fingerprint density at radius 3 is 1.95 bits per heavy atom. The maximum atomic E-state index is 14.1. The van der Waals surface area contributed by atoms with E-state index in [0.29, 0.717) is 5.56 Å². The topological polar surface area (TPSA) is 0 Å². The molecule has 102 valence electrons. The summed E-state index contributed by atoms with van der Waals surface area (Å²) in [5, 5.41) is 0. The van der Waals surface area contributed by atoms with Crippen LogP contribution in [0.4, 0.5) is 4.39 Å². The van der Waals surface area contributed by atoms with Gasteiger partial charge in [0.15, 0.2) is 0 Å². The second-order valence-electron chi connectivity index (χ2n) is 4.87. The average molecular weight is 274 g/mol. The van der Waals surface area contributed by atoms with Crippen LogP contribution in [-0.2, 0) is 0 Å². The smallest absolute Gasteiger partial charge is 0.131 e. The van der Waals surface area contributed by atoms with Crippen molar-refractivity contribution in [2.24, 2.45) is 0 Å². The Morgan fingerprint density at radius 1 is 0.667 bits per heavy atom. The Morgan fingerprint density at radius 2 is 1.24 bits per heavy atom. The second-order valence-corrected chi connectivity index (χ2v) is 4.87. The highest BCUT2D eigenvalue weighted by atomic mass is 19.1. The number of rotatable bonds is 3. The zero-order valence-corrected chi connectivity index (χ0v) is 11.6. The standard InChI is InChI=1S/C20H15F/c1-15(16-9-3-2-4-10-16)17-11-5-6-12-18(17)19-13-7-8-14-20(19)21/h2-14H,1H2. The van der Waals surface area contributed by atoms with Gasteiger partial charge < -0.3 is 0 Å². The summed E-state index contributed by atoms with van der Waals surface area (Å²) < 4.78 is 14.1. The molecule has 3 aromatic rings. The third kappa shape index (κ3) is 2.63. The van der Waals surface area contributed by atoms with Crippen molar-refractivity contribution >= 4 is 5.57 Å². The first-order chi connectivity index (χ1) is 10.3. The van der Waals surface area contributed by atoms with Crippen molar-refractivity contribution in [2.75, 3.05) is 0 Å². The number of halogens is 1. The second kappa shape index (κ2) is 5.76. The van der Waals surface area contributed by atoms with Gasteiger partial charge in [0.2, 0.25) is 0 Å². The molecule has 0 atom stereocenters. The summed E-state index contributed by atoms with van der Waals surface area (Å²) in [6, 6.07) is 24.6. The average Bonchev–Trinajstić information content (AvgIpc) is 2.55. The van der Waals surface area contributed by atoms with Crippen LogP contribution in [0.3, 0.4) is 0 Å². The van der Waals surface area contributed by atoms with Crippen LogP contribution in [0.1, 0.15) is 11.1 Å². The fourth-order valence-corrected chi connectivity index (χ4v) is 2.46. The van der Waals surface area contributed by atoms with Crippen LogP contribution in [0.15, 0.2) is 85.4 Å². The minimum atomic E-state index is -0.217. The molecule has 0 spiro atoms. The molecule has 21 heavy (non-hydrogen) atoms. The van der Waals surface area contributed by atoms with Crippen molar-refractivity contribution in [1.29, 1.82) is 0 Å². The van der Waals surface area contributed by atoms with Gasteiger partial charge in [0.1, 0.15) is 5.82 Å². The highest BCUT2D eigenvalue weighted by Gasteiger charge is 2.11. The van der Waals surface area contributed by atoms with Gasteiger partial charge in [-0.3, -0.25) is 0 Å². The molecule has 0 nitrogen and oxygen atoms in total. The van der Waals surface area contributed by atoms with E-state index >= 15 is 0 Å². The summed E-state index contributed by atoms with van der Waals surface area (Å²) >= 11 is 0. The molecule has 0 aromatic heterocycles. The van der Waals surface area contributed by atoms with E-state index in [1.54, 1.807) is 12.1 Å². The van der Waals surface area contributed by atoms with E-state index in [1.165, 1.54) is 6.07 Å². The molecule has 0 saturated carbocycles. The van der Waals surface area contributed by atoms with Crippen LogP contribution in [0.2, 0.25) is 0 Å². The first-order valence-electron chi connectivity index (χ1n) is 6.86. The van der Waals surface area contributed by atoms with Gasteiger partial charge in [-0.1, -0.05) is 79.4 Å². The summed E-state index contributed by atoms with van der Waals surface area (Å²) in [4.78, 5) is 0. The zero-order valence-electron chi connectivity index (χ0n) is 11.6. The first kappa shape index (κ1) is 13.3. The fraction of sp³-hybridized carbons (Fsp3) is 0. The molecule has 0 bridgehead atoms. The van der Waals surface area contributed by atoms with Gasteiger partial charge in [-0.15, -0.1) is 0 Å². The molecule has 0 fully saturated rings. The van der Waals surface area contributed by atoms with Crippen LogP contribution in [-0.4, -0.2) is 0 Å². The van der Waals surface area contributed by atoms with Gasteiger partial charge in [0.25, 0.3) is 0 Å². The molecule has 0 heterocycles. The van der Waals surface area contributed by atoms with Crippen LogP contribution in [0.25, 0.3) is 16.7 Å². The predicted octanol–water partition coefficient (Wildman–Crippen LogP) is 5.55. The van der Waals surface area contributed by atoms with Crippen molar-refractivity contribution in [3.8, 4) is 11.1 Å². The van der Waals surface area contributed by atoms with E-state index in [1.807, 2.05) is 60.7 Å². The molecule has 3 rings (SSSR count).